The van der Waals surface area contributed by atoms with E-state index >= 15 is 0 Å². The summed E-state index contributed by atoms with van der Waals surface area (Å²) in [5, 5.41) is 11.2. The molecular weight excluding hydrogens is 338 g/mol. The van der Waals surface area contributed by atoms with Gasteiger partial charge in [0, 0.05) is 25.5 Å². The molecule has 0 saturated heterocycles. The highest BCUT2D eigenvalue weighted by atomic mass is 32.2. The van der Waals surface area contributed by atoms with E-state index in [0.29, 0.717) is 12.4 Å². The Kier molecular flexibility index (Phi) is 5.11. The fourth-order valence-corrected chi connectivity index (χ4v) is 3.25. The number of rotatable bonds is 7. The predicted octanol–water partition coefficient (Wildman–Crippen LogP) is 1.97. The third kappa shape index (κ3) is 4.43. The Morgan fingerprint density at radius 3 is 2.32 bits per heavy atom. The lowest BCUT2D eigenvalue weighted by Gasteiger charge is -2.09. The number of benzene rings is 1. The van der Waals surface area contributed by atoms with Crippen LogP contribution in [0.2, 0.25) is 0 Å². The van der Waals surface area contributed by atoms with Gasteiger partial charge in [0.05, 0.1) is 4.90 Å². The quantitative estimate of drug-likeness (QED) is 0.631. The zero-order valence-electron chi connectivity index (χ0n) is 13.8. The first-order valence-electron chi connectivity index (χ1n) is 7.82. The maximum absolute atomic E-state index is 12.2. The van der Waals surface area contributed by atoms with Crippen molar-refractivity contribution in [2.45, 2.75) is 11.8 Å². The number of aromatic nitrogens is 3. The van der Waals surface area contributed by atoms with Crippen molar-refractivity contribution in [2.24, 2.45) is 0 Å². The maximum atomic E-state index is 12.2. The molecule has 7 nitrogen and oxygen atoms in total. The summed E-state index contributed by atoms with van der Waals surface area (Å²) >= 11 is 0. The lowest BCUT2D eigenvalue weighted by atomic mass is 10.2. The van der Waals surface area contributed by atoms with Gasteiger partial charge in [-0.1, -0.05) is 17.7 Å². The molecule has 0 saturated carbocycles. The summed E-state index contributed by atoms with van der Waals surface area (Å²) in [5.41, 5.74) is 1.02. The molecule has 130 valence electrons. The van der Waals surface area contributed by atoms with Gasteiger partial charge in [0.2, 0.25) is 10.0 Å². The molecule has 0 atom stereocenters. The number of nitrogens with zero attached hydrogens (tertiary/aromatic N) is 3. The van der Waals surface area contributed by atoms with E-state index in [-0.39, 0.29) is 11.4 Å². The summed E-state index contributed by atoms with van der Waals surface area (Å²) in [6, 6.07) is 14.2. The van der Waals surface area contributed by atoms with Gasteiger partial charge in [0.25, 0.3) is 0 Å². The number of hydrogen-bond donors (Lipinski definition) is 2. The summed E-state index contributed by atoms with van der Waals surface area (Å²) < 4.78 is 28.7. The minimum atomic E-state index is -3.50. The second-order valence-electron chi connectivity index (χ2n) is 5.50. The molecule has 2 N–H and O–H groups in total. The molecule has 0 bridgehead atoms. The van der Waals surface area contributed by atoms with Crippen LogP contribution in [0.25, 0.3) is 5.82 Å². The number of anilines is 1. The maximum Gasteiger partial charge on any atom is 0.240 e. The first kappa shape index (κ1) is 17.1. The van der Waals surface area contributed by atoms with Crippen molar-refractivity contribution in [3.8, 4) is 5.82 Å². The third-order valence-electron chi connectivity index (χ3n) is 3.57. The summed E-state index contributed by atoms with van der Waals surface area (Å²) in [5.74, 6) is 1.31. The lowest BCUT2D eigenvalue weighted by Crippen LogP contribution is -2.29. The van der Waals surface area contributed by atoms with E-state index in [0.717, 1.165) is 11.4 Å². The molecule has 0 aliphatic carbocycles. The summed E-state index contributed by atoms with van der Waals surface area (Å²) in [6.07, 6.45) is 3.77. The van der Waals surface area contributed by atoms with Gasteiger partial charge in [-0.05, 0) is 43.3 Å². The molecule has 0 aliphatic heterocycles. The molecule has 2 heterocycles. The summed E-state index contributed by atoms with van der Waals surface area (Å²) in [6.45, 7) is 2.57. The van der Waals surface area contributed by atoms with Crippen LogP contribution < -0.4 is 10.0 Å². The van der Waals surface area contributed by atoms with Gasteiger partial charge in [-0.15, -0.1) is 10.2 Å². The highest BCUT2D eigenvalue weighted by molar-refractivity contribution is 7.89. The summed E-state index contributed by atoms with van der Waals surface area (Å²) in [4.78, 5) is 0.258. The Morgan fingerprint density at radius 1 is 0.960 bits per heavy atom. The molecule has 0 unspecified atom stereocenters. The molecule has 0 radical (unpaired) electrons. The molecule has 2 aromatic heterocycles. The second-order valence-corrected chi connectivity index (χ2v) is 7.27. The number of aryl methyl sites for hydroxylation is 1. The molecular formula is C17H19N5O2S. The lowest BCUT2D eigenvalue weighted by molar-refractivity contribution is 0.583. The molecule has 0 aliphatic rings. The monoisotopic (exact) mass is 357 g/mol. The largest absolute Gasteiger partial charge is 0.367 e. The zero-order valence-corrected chi connectivity index (χ0v) is 14.6. The van der Waals surface area contributed by atoms with Crippen molar-refractivity contribution < 1.29 is 8.42 Å². The van der Waals surface area contributed by atoms with Gasteiger partial charge in [-0.25, -0.2) is 13.1 Å². The van der Waals surface area contributed by atoms with Crippen LogP contribution in [0.1, 0.15) is 5.56 Å². The van der Waals surface area contributed by atoms with E-state index in [1.165, 1.54) is 0 Å². The molecule has 3 rings (SSSR count). The minimum absolute atomic E-state index is 0.247. The van der Waals surface area contributed by atoms with Gasteiger partial charge in [-0.2, -0.15) is 0 Å². The van der Waals surface area contributed by atoms with Crippen LogP contribution in [-0.2, 0) is 10.0 Å². The first-order valence-corrected chi connectivity index (χ1v) is 9.30. The van der Waals surface area contributed by atoms with Crippen molar-refractivity contribution in [3.05, 3.63) is 66.5 Å². The zero-order chi connectivity index (χ0) is 17.7. The van der Waals surface area contributed by atoms with Crippen LogP contribution in [0.15, 0.2) is 65.8 Å². The average molecular weight is 357 g/mol. The van der Waals surface area contributed by atoms with Crippen LogP contribution in [0.3, 0.4) is 0 Å². The molecule has 8 heteroatoms. The molecule has 25 heavy (non-hydrogen) atoms. The Bertz CT molecular complexity index is 905. The Hall–Kier alpha value is -2.71. The molecule has 0 amide bonds. The van der Waals surface area contributed by atoms with Crippen molar-refractivity contribution >= 4 is 15.8 Å². The second kappa shape index (κ2) is 7.45. The molecule has 0 fully saturated rings. The Balaban J connectivity index is 1.50. The van der Waals surface area contributed by atoms with Crippen molar-refractivity contribution in [2.75, 3.05) is 18.4 Å². The van der Waals surface area contributed by atoms with Crippen molar-refractivity contribution in [3.63, 3.8) is 0 Å². The van der Waals surface area contributed by atoms with Gasteiger partial charge in [0.1, 0.15) is 5.82 Å². The Morgan fingerprint density at radius 2 is 1.68 bits per heavy atom. The average Bonchev–Trinajstić information content (AvgIpc) is 3.14. The number of sulfonamides is 1. The van der Waals surface area contributed by atoms with E-state index in [2.05, 4.69) is 20.2 Å². The molecule has 0 spiro atoms. The fourth-order valence-electron chi connectivity index (χ4n) is 2.22. The van der Waals surface area contributed by atoms with Crippen LogP contribution >= 0.6 is 0 Å². The normalized spacial score (nSPS) is 11.4. The van der Waals surface area contributed by atoms with E-state index in [4.69, 9.17) is 0 Å². The van der Waals surface area contributed by atoms with E-state index in [1.807, 2.05) is 42.1 Å². The van der Waals surface area contributed by atoms with E-state index in [1.54, 1.807) is 30.3 Å². The van der Waals surface area contributed by atoms with Crippen LogP contribution in [0, 0.1) is 6.92 Å². The summed E-state index contributed by atoms with van der Waals surface area (Å²) in [7, 11) is -3.50. The van der Waals surface area contributed by atoms with Crippen LogP contribution in [0.4, 0.5) is 5.82 Å². The predicted molar refractivity (Wildman–Crippen MR) is 96.2 cm³/mol. The van der Waals surface area contributed by atoms with Crippen molar-refractivity contribution in [1.29, 1.82) is 0 Å². The van der Waals surface area contributed by atoms with Gasteiger partial charge >= 0.3 is 0 Å². The standard InChI is InChI=1S/C17H19N5O2S/c1-14-4-6-15(7-5-14)25(23,24)19-11-10-18-16-8-9-17(21-20-16)22-12-2-3-13-22/h2-9,12-13,19H,10-11H2,1H3,(H,18,20). The van der Waals surface area contributed by atoms with Gasteiger partial charge in [0.15, 0.2) is 5.82 Å². The fraction of sp³-hybridized carbons (Fsp3) is 0.176. The van der Waals surface area contributed by atoms with E-state index < -0.39 is 10.0 Å². The van der Waals surface area contributed by atoms with Crippen molar-refractivity contribution in [1.82, 2.24) is 19.5 Å². The molecule has 1 aromatic carbocycles. The van der Waals surface area contributed by atoms with Crippen LogP contribution in [0.5, 0.6) is 0 Å². The van der Waals surface area contributed by atoms with Gasteiger partial charge in [-0.3, -0.25) is 0 Å². The van der Waals surface area contributed by atoms with Crippen LogP contribution in [-0.4, -0.2) is 36.3 Å². The topological polar surface area (TPSA) is 88.9 Å². The Labute approximate surface area is 146 Å². The molecule has 3 aromatic rings. The van der Waals surface area contributed by atoms with E-state index in [9.17, 15) is 8.42 Å². The highest BCUT2D eigenvalue weighted by Crippen LogP contribution is 2.10. The third-order valence-corrected chi connectivity index (χ3v) is 5.05. The first-order chi connectivity index (χ1) is 12.0. The minimum Gasteiger partial charge on any atom is -0.367 e. The number of nitrogens with one attached hydrogen (secondary N) is 2. The smallest absolute Gasteiger partial charge is 0.240 e. The number of hydrogen-bond acceptors (Lipinski definition) is 5. The van der Waals surface area contributed by atoms with Gasteiger partial charge < -0.3 is 9.88 Å². The highest BCUT2D eigenvalue weighted by Gasteiger charge is 2.12. The SMILES string of the molecule is Cc1ccc(S(=O)(=O)NCCNc2ccc(-n3cccc3)nn2)cc1.